The van der Waals surface area contributed by atoms with Gasteiger partial charge in [-0.15, -0.1) is 16.7 Å². The number of alkyl halides is 1. The average molecular weight is 248 g/mol. The van der Waals surface area contributed by atoms with Crippen LogP contribution >= 0.6 is 11.6 Å². The van der Waals surface area contributed by atoms with Crippen molar-refractivity contribution >= 4 is 11.6 Å². The highest BCUT2D eigenvalue weighted by Gasteiger charge is 2.05. The quantitative estimate of drug-likeness (QED) is 0.518. The maximum absolute atomic E-state index is 5.87. The van der Waals surface area contributed by atoms with Crippen LogP contribution in [-0.2, 0) is 16.0 Å². The van der Waals surface area contributed by atoms with Crippen molar-refractivity contribution in [2.24, 2.45) is 0 Å². The van der Waals surface area contributed by atoms with E-state index in [1.807, 2.05) is 13.1 Å². The molecule has 0 aliphatic rings. The van der Waals surface area contributed by atoms with Crippen molar-refractivity contribution < 1.29 is 9.47 Å². The van der Waals surface area contributed by atoms with Gasteiger partial charge in [-0.05, 0) is 13.3 Å². The van der Waals surface area contributed by atoms with Crippen LogP contribution in [0.25, 0.3) is 0 Å². The van der Waals surface area contributed by atoms with E-state index in [1.165, 1.54) is 0 Å². The van der Waals surface area contributed by atoms with E-state index < -0.39 is 0 Å². The average Bonchev–Trinajstić information content (AvgIpc) is 2.72. The molecule has 1 aromatic heterocycles. The largest absolute Gasteiger partial charge is 0.385 e. The highest BCUT2D eigenvalue weighted by atomic mass is 35.5. The second-order valence-electron chi connectivity index (χ2n) is 3.48. The Morgan fingerprint density at radius 1 is 1.44 bits per heavy atom. The zero-order valence-electron chi connectivity index (χ0n) is 9.73. The molecule has 0 radical (unpaired) electrons. The SMILES string of the molecule is COCCCOCCn1cc(C(C)Cl)nn1. The zero-order valence-corrected chi connectivity index (χ0v) is 10.5. The Labute approximate surface area is 101 Å². The maximum atomic E-state index is 5.87. The Kier molecular flexibility index (Phi) is 6.37. The van der Waals surface area contributed by atoms with E-state index >= 15 is 0 Å². The van der Waals surface area contributed by atoms with E-state index in [2.05, 4.69) is 10.3 Å². The molecule has 0 saturated carbocycles. The Hall–Kier alpha value is -0.650. The van der Waals surface area contributed by atoms with Crippen LogP contribution in [0, 0.1) is 0 Å². The number of hydrogen-bond donors (Lipinski definition) is 0. The summed E-state index contributed by atoms with van der Waals surface area (Å²) in [5.74, 6) is 0. The number of ether oxygens (including phenoxy) is 2. The van der Waals surface area contributed by atoms with Gasteiger partial charge in [0.15, 0.2) is 0 Å². The van der Waals surface area contributed by atoms with Gasteiger partial charge in [0.1, 0.15) is 5.69 Å². The van der Waals surface area contributed by atoms with Gasteiger partial charge in [0.2, 0.25) is 0 Å². The van der Waals surface area contributed by atoms with Crippen molar-refractivity contribution in [1.82, 2.24) is 15.0 Å². The standard InChI is InChI=1S/C10H18ClN3O2/c1-9(11)10-8-14(13-12-10)4-7-16-6-3-5-15-2/h8-9H,3-7H2,1-2H3. The van der Waals surface area contributed by atoms with Gasteiger partial charge in [-0.25, -0.2) is 4.68 Å². The highest BCUT2D eigenvalue weighted by Crippen LogP contribution is 2.14. The summed E-state index contributed by atoms with van der Waals surface area (Å²) in [6, 6.07) is 0. The molecule has 0 fully saturated rings. The first-order chi connectivity index (χ1) is 7.74. The van der Waals surface area contributed by atoms with Gasteiger partial charge in [-0.2, -0.15) is 0 Å². The highest BCUT2D eigenvalue weighted by molar-refractivity contribution is 6.20. The van der Waals surface area contributed by atoms with Gasteiger partial charge in [0.25, 0.3) is 0 Å². The molecular formula is C10H18ClN3O2. The van der Waals surface area contributed by atoms with Gasteiger partial charge < -0.3 is 9.47 Å². The molecule has 1 heterocycles. The van der Waals surface area contributed by atoms with Crippen LogP contribution in [0.3, 0.4) is 0 Å². The van der Waals surface area contributed by atoms with Crippen LogP contribution in [0.1, 0.15) is 24.4 Å². The Balaban J connectivity index is 2.12. The van der Waals surface area contributed by atoms with E-state index in [0.717, 1.165) is 18.7 Å². The third-order valence-corrected chi connectivity index (χ3v) is 2.29. The zero-order chi connectivity index (χ0) is 11.8. The van der Waals surface area contributed by atoms with Gasteiger partial charge in [-0.1, -0.05) is 5.21 Å². The minimum atomic E-state index is -0.101. The fourth-order valence-electron chi connectivity index (χ4n) is 1.17. The fraction of sp³-hybridized carbons (Fsp3) is 0.800. The Morgan fingerprint density at radius 2 is 2.25 bits per heavy atom. The third-order valence-electron chi connectivity index (χ3n) is 2.07. The lowest BCUT2D eigenvalue weighted by molar-refractivity contribution is 0.0958. The molecule has 5 nitrogen and oxygen atoms in total. The second-order valence-corrected chi connectivity index (χ2v) is 4.14. The molecule has 0 aliphatic carbocycles. The smallest absolute Gasteiger partial charge is 0.100 e. The lowest BCUT2D eigenvalue weighted by Gasteiger charge is -2.03. The topological polar surface area (TPSA) is 49.2 Å². The molecule has 1 aromatic rings. The molecule has 0 amide bonds. The summed E-state index contributed by atoms with van der Waals surface area (Å²) in [5.41, 5.74) is 0.793. The van der Waals surface area contributed by atoms with Crippen LogP contribution in [-0.4, -0.2) is 41.9 Å². The summed E-state index contributed by atoms with van der Waals surface area (Å²) >= 11 is 5.87. The first kappa shape index (κ1) is 13.4. The summed E-state index contributed by atoms with van der Waals surface area (Å²) in [4.78, 5) is 0. The predicted molar refractivity (Wildman–Crippen MR) is 61.6 cm³/mol. The molecule has 0 bridgehead atoms. The molecule has 1 rings (SSSR count). The van der Waals surface area contributed by atoms with Gasteiger partial charge >= 0.3 is 0 Å². The van der Waals surface area contributed by atoms with Crippen LogP contribution in [0.5, 0.6) is 0 Å². The second kappa shape index (κ2) is 7.60. The van der Waals surface area contributed by atoms with Gasteiger partial charge in [0, 0.05) is 20.3 Å². The molecule has 1 atom stereocenters. The van der Waals surface area contributed by atoms with Gasteiger partial charge in [0.05, 0.1) is 24.7 Å². The lowest BCUT2D eigenvalue weighted by atomic mass is 10.4. The number of nitrogens with zero attached hydrogens (tertiary/aromatic N) is 3. The molecule has 0 aromatic carbocycles. The van der Waals surface area contributed by atoms with Crippen LogP contribution in [0.2, 0.25) is 0 Å². The molecule has 0 saturated heterocycles. The molecule has 1 unspecified atom stereocenters. The van der Waals surface area contributed by atoms with Crippen molar-refractivity contribution in [2.75, 3.05) is 26.9 Å². The van der Waals surface area contributed by atoms with E-state index in [1.54, 1.807) is 11.8 Å². The third kappa shape index (κ3) is 4.92. The van der Waals surface area contributed by atoms with Crippen molar-refractivity contribution in [1.29, 1.82) is 0 Å². The monoisotopic (exact) mass is 247 g/mol. The summed E-state index contributed by atoms with van der Waals surface area (Å²) in [7, 11) is 1.68. The molecule has 0 aliphatic heterocycles. The first-order valence-corrected chi connectivity index (χ1v) is 5.78. The predicted octanol–water partition coefficient (Wildman–Crippen LogP) is 1.63. The molecule has 16 heavy (non-hydrogen) atoms. The first-order valence-electron chi connectivity index (χ1n) is 5.35. The Bertz CT molecular complexity index is 291. The van der Waals surface area contributed by atoms with Crippen LogP contribution in [0.4, 0.5) is 0 Å². The van der Waals surface area contributed by atoms with Crippen LogP contribution in [0.15, 0.2) is 6.20 Å². The summed E-state index contributed by atoms with van der Waals surface area (Å²) in [6.45, 7) is 4.64. The maximum Gasteiger partial charge on any atom is 0.100 e. The molecular weight excluding hydrogens is 230 g/mol. The fourth-order valence-corrected chi connectivity index (χ4v) is 1.27. The molecule has 0 spiro atoms. The van der Waals surface area contributed by atoms with Crippen molar-refractivity contribution in [3.63, 3.8) is 0 Å². The number of rotatable bonds is 8. The summed E-state index contributed by atoms with van der Waals surface area (Å²) in [5, 5.41) is 7.80. The van der Waals surface area contributed by atoms with Crippen molar-refractivity contribution in [3.05, 3.63) is 11.9 Å². The van der Waals surface area contributed by atoms with E-state index in [9.17, 15) is 0 Å². The lowest BCUT2D eigenvalue weighted by Crippen LogP contribution is -2.08. The molecule has 0 N–H and O–H groups in total. The van der Waals surface area contributed by atoms with Gasteiger partial charge in [-0.3, -0.25) is 0 Å². The van der Waals surface area contributed by atoms with Crippen molar-refractivity contribution in [3.8, 4) is 0 Å². The molecule has 92 valence electrons. The summed E-state index contributed by atoms with van der Waals surface area (Å²) in [6.07, 6.45) is 2.76. The number of hydrogen-bond acceptors (Lipinski definition) is 4. The van der Waals surface area contributed by atoms with Crippen molar-refractivity contribution in [2.45, 2.75) is 25.3 Å². The minimum Gasteiger partial charge on any atom is -0.385 e. The molecule has 6 heteroatoms. The minimum absolute atomic E-state index is 0.101. The number of aromatic nitrogens is 3. The Morgan fingerprint density at radius 3 is 2.88 bits per heavy atom. The van der Waals surface area contributed by atoms with Crippen LogP contribution < -0.4 is 0 Å². The van der Waals surface area contributed by atoms with E-state index in [-0.39, 0.29) is 5.38 Å². The van der Waals surface area contributed by atoms with E-state index in [4.69, 9.17) is 21.1 Å². The normalized spacial score (nSPS) is 12.9. The summed E-state index contributed by atoms with van der Waals surface area (Å²) < 4.78 is 12.1. The number of methoxy groups -OCH3 is 1. The number of halogens is 1. The van der Waals surface area contributed by atoms with E-state index in [0.29, 0.717) is 19.8 Å².